The SMILES string of the molecule is CC(C)NCc1ccc(SCC2CCCC2)nc1. The minimum absolute atomic E-state index is 0.529. The molecule has 3 heteroatoms. The molecular weight excluding hydrogens is 240 g/mol. The van der Waals surface area contributed by atoms with Crippen LogP contribution in [0.25, 0.3) is 0 Å². The first kappa shape index (κ1) is 13.9. The topological polar surface area (TPSA) is 24.9 Å². The highest BCUT2D eigenvalue weighted by atomic mass is 32.2. The van der Waals surface area contributed by atoms with E-state index in [0.717, 1.165) is 12.5 Å². The van der Waals surface area contributed by atoms with E-state index in [1.54, 1.807) is 0 Å². The number of thioether (sulfide) groups is 1. The fourth-order valence-corrected chi connectivity index (χ4v) is 3.33. The molecule has 2 nitrogen and oxygen atoms in total. The van der Waals surface area contributed by atoms with Gasteiger partial charge in [-0.15, -0.1) is 11.8 Å². The number of pyridine rings is 1. The molecule has 0 amide bonds. The van der Waals surface area contributed by atoms with Crippen molar-refractivity contribution in [3.63, 3.8) is 0 Å². The summed E-state index contributed by atoms with van der Waals surface area (Å²) >= 11 is 1.92. The van der Waals surface area contributed by atoms with E-state index >= 15 is 0 Å². The molecule has 1 aliphatic carbocycles. The van der Waals surface area contributed by atoms with Gasteiger partial charge >= 0.3 is 0 Å². The highest BCUT2D eigenvalue weighted by Gasteiger charge is 2.15. The summed E-state index contributed by atoms with van der Waals surface area (Å²) in [4.78, 5) is 4.54. The van der Waals surface area contributed by atoms with Crippen molar-refractivity contribution in [2.24, 2.45) is 5.92 Å². The lowest BCUT2D eigenvalue weighted by Gasteiger charge is -2.09. The standard InChI is InChI=1S/C15H24N2S/c1-12(2)16-9-14-7-8-15(17-10-14)18-11-13-5-3-4-6-13/h7-8,10,12-13,16H,3-6,9,11H2,1-2H3. The van der Waals surface area contributed by atoms with E-state index in [0.29, 0.717) is 6.04 Å². The number of nitrogens with one attached hydrogen (secondary N) is 1. The van der Waals surface area contributed by atoms with Crippen molar-refractivity contribution in [2.45, 2.75) is 57.1 Å². The van der Waals surface area contributed by atoms with Gasteiger partial charge < -0.3 is 5.32 Å². The van der Waals surface area contributed by atoms with Crippen molar-refractivity contribution in [3.05, 3.63) is 23.9 Å². The first-order chi connectivity index (χ1) is 8.74. The van der Waals surface area contributed by atoms with Crippen LogP contribution >= 0.6 is 11.8 Å². The van der Waals surface area contributed by atoms with Crippen LogP contribution in [0.15, 0.2) is 23.4 Å². The predicted octanol–water partition coefficient (Wildman–Crippen LogP) is 3.86. The summed E-state index contributed by atoms with van der Waals surface area (Å²) in [6.07, 6.45) is 7.70. The van der Waals surface area contributed by atoms with Crippen molar-refractivity contribution in [2.75, 3.05) is 5.75 Å². The highest BCUT2D eigenvalue weighted by Crippen LogP contribution is 2.30. The molecule has 1 aromatic heterocycles. The lowest BCUT2D eigenvalue weighted by atomic mass is 10.1. The molecule has 0 spiro atoms. The lowest BCUT2D eigenvalue weighted by Crippen LogP contribution is -2.21. The summed E-state index contributed by atoms with van der Waals surface area (Å²) in [7, 11) is 0. The molecule has 0 aromatic carbocycles. The Bertz CT molecular complexity index is 342. The monoisotopic (exact) mass is 264 g/mol. The van der Waals surface area contributed by atoms with Crippen LogP contribution in [0.2, 0.25) is 0 Å². The molecule has 1 fully saturated rings. The number of hydrogen-bond acceptors (Lipinski definition) is 3. The van der Waals surface area contributed by atoms with Crippen LogP contribution in [-0.4, -0.2) is 16.8 Å². The van der Waals surface area contributed by atoms with Crippen molar-refractivity contribution < 1.29 is 0 Å². The Morgan fingerprint density at radius 1 is 1.33 bits per heavy atom. The van der Waals surface area contributed by atoms with Gasteiger partial charge in [0.15, 0.2) is 0 Å². The van der Waals surface area contributed by atoms with Crippen molar-refractivity contribution in [3.8, 4) is 0 Å². The fourth-order valence-electron chi connectivity index (χ4n) is 2.30. The Kier molecular flexibility index (Phi) is 5.51. The lowest BCUT2D eigenvalue weighted by molar-refractivity contribution is 0.587. The molecule has 100 valence electrons. The summed E-state index contributed by atoms with van der Waals surface area (Å²) < 4.78 is 0. The molecule has 1 N–H and O–H groups in total. The van der Waals surface area contributed by atoms with E-state index in [2.05, 4.69) is 36.3 Å². The molecule has 0 saturated heterocycles. The second-order valence-electron chi connectivity index (χ2n) is 5.50. The Hall–Kier alpha value is -0.540. The maximum Gasteiger partial charge on any atom is 0.0960 e. The smallest absolute Gasteiger partial charge is 0.0960 e. The second-order valence-corrected chi connectivity index (χ2v) is 6.54. The zero-order chi connectivity index (χ0) is 12.8. The molecule has 0 bridgehead atoms. The number of rotatable bonds is 6. The predicted molar refractivity (Wildman–Crippen MR) is 78.9 cm³/mol. The van der Waals surface area contributed by atoms with Gasteiger partial charge in [-0.1, -0.05) is 32.8 Å². The normalized spacial score (nSPS) is 16.6. The molecule has 18 heavy (non-hydrogen) atoms. The van der Waals surface area contributed by atoms with Crippen LogP contribution in [0.3, 0.4) is 0 Å². The van der Waals surface area contributed by atoms with Gasteiger partial charge in [-0.25, -0.2) is 4.98 Å². The first-order valence-electron chi connectivity index (χ1n) is 7.05. The van der Waals surface area contributed by atoms with Crippen molar-refractivity contribution in [1.29, 1.82) is 0 Å². The summed E-state index contributed by atoms with van der Waals surface area (Å²) in [6.45, 7) is 5.25. The van der Waals surface area contributed by atoms with Crippen molar-refractivity contribution in [1.82, 2.24) is 10.3 Å². The Morgan fingerprint density at radius 3 is 2.72 bits per heavy atom. The van der Waals surface area contributed by atoms with Crippen molar-refractivity contribution >= 4 is 11.8 Å². The maximum atomic E-state index is 4.54. The largest absolute Gasteiger partial charge is 0.310 e. The fraction of sp³-hybridized carbons (Fsp3) is 0.667. The minimum Gasteiger partial charge on any atom is -0.310 e. The average molecular weight is 264 g/mol. The molecule has 0 unspecified atom stereocenters. The molecule has 1 heterocycles. The van der Waals surface area contributed by atoms with Gasteiger partial charge in [0, 0.05) is 24.5 Å². The summed E-state index contributed by atoms with van der Waals surface area (Å²) in [6, 6.07) is 4.89. The third kappa shape index (κ3) is 4.62. The van der Waals surface area contributed by atoms with E-state index in [1.165, 1.54) is 42.0 Å². The van der Waals surface area contributed by atoms with Crippen LogP contribution in [0.4, 0.5) is 0 Å². The maximum absolute atomic E-state index is 4.54. The third-order valence-corrected chi connectivity index (χ3v) is 4.63. The van der Waals surface area contributed by atoms with E-state index in [-0.39, 0.29) is 0 Å². The van der Waals surface area contributed by atoms with Gasteiger partial charge in [0.05, 0.1) is 5.03 Å². The Morgan fingerprint density at radius 2 is 2.11 bits per heavy atom. The van der Waals surface area contributed by atoms with E-state index in [1.807, 2.05) is 18.0 Å². The van der Waals surface area contributed by atoms with Crippen LogP contribution in [0, 0.1) is 5.92 Å². The molecular formula is C15H24N2S. The van der Waals surface area contributed by atoms with Gasteiger partial charge in [0.1, 0.15) is 0 Å². The number of nitrogens with zero attached hydrogens (tertiary/aromatic N) is 1. The van der Waals surface area contributed by atoms with Crippen LogP contribution in [-0.2, 0) is 6.54 Å². The number of aromatic nitrogens is 1. The quantitative estimate of drug-likeness (QED) is 0.790. The highest BCUT2D eigenvalue weighted by molar-refractivity contribution is 7.99. The molecule has 1 saturated carbocycles. The van der Waals surface area contributed by atoms with E-state index in [9.17, 15) is 0 Å². The minimum atomic E-state index is 0.529. The molecule has 1 aromatic rings. The Labute approximate surface area is 115 Å². The molecule has 2 rings (SSSR count). The van der Waals surface area contributed by atoms with Gasteiger partial charge in [0.2, 0.25) is 0 Å². The molecule has 0 aliphatic heterocycles. The van der Waals surface area contributed by atoms with Gasteiger partial charge in [0.25, 0.3) is 0 Å². The van der Waals surface area contributed by atoms with Gasteiger partial charge in [-0.3, -0.25) is 0 Å². The van der Waals surface area contributed by atoms with Gasteiger partial charge in [-0.2, -0.15) is 0 Å². The number of hydrogen-bond donors (Lipinski definition) is 1. The Balaban J connectivity index is 1.76. The van der Waals surface area contributed by atoms with Crippen LogP contribution in [0.1, 0.15) is 45.1 Å². The average Bonchev–Trinajstić information content (AvgIpc) is 2.88. The summed E-state index contributed by atoms with van der Waals surface area (Å²) in [5, 5.41) is 4.59. The molecule has 0 radical (unpaired) electrons. The third-order valence-electron chi connectivity index (χ3n) is 3.45. The van der Waals surface area contributed by atoms with Crippen LogP contribution < -0.4 is 5.32 Å². The van der Waals surface area contributed by atoms with E-state index < -0.39 is 0 Å². The van der Waals surface area contributed by atoms with E-state index in [4.69, 9.17) is 0 Å². The zero-order valence-electron chi connectivity index (χ0n) is 11.5. The summed E-state index contributed by atoms with van der Waals surface area (Å²) in [5.74, 6) is 2.18. The molecule has 1 aliphatic rings. The van der Waals surface area contributed by atoms with Gasteiger partial charge in [-0.05, 0) is 30.4 Å². The zero-order valence-corrected chi connectivity index (χ0v) is 12.3. The first-order valence-corrected chi connectivity index (χ1v) is 8.03. The molecule has 0 atom stereocenters. The van der Waals surface area contributed by atoms with Crippen LogP contribution in [0.5, 0.6) is 0 Å². The second kappa shape index (κ2) is 7.15. The summed E-state index contributed by atoms with van der Waals surface area (Å²) in [5.41, 5.74) is 1.27.